The number of nitrogens with one attached hydrogen (secondary N) is 1. The third-order valence-corrected chi connectivity index (χ3v) is 5.22. The summed E-state index contributed by atoms with van der Waals surface area (Å²) in [6.07, 6.45) is 2.33. The average molecular weight is 335 g/mol. The van der Waals surface area contributed by atoms with Gasteiger partial charge in [0.1, 0.15) is 0 Å². The predicted octanol–water partition coefficient (Wildman–Crippen LogP) is 2.56. The van der Waals surface area contributed by atoms with E-state index in [-0.39, 0.29) is 11.0 Å². The highest BCUT2D eigenvalue weighted by Gasteiger charge is 2.17. The van der Waals surface area contributed by atoms with E-state index in [1.807, 2.05) is 0 Å². The van der Waals surface area contributed by atoms with E-state index in [1.54, 1.807) is 11.3 Å². The standard InChI is InChI=1S/C14H17N5OS2/c1-14(2,3)11-17-9(8-21-11)4-6-15-12-18-19-10(20)5-7-16-13(19)22-12/h5,7-8H,4,6H2,1-3H3,(H,15,18). The van der Waals surface area contributed by atoms with E-state index in [2.05, 4.69) is 46.5 Å². The maximum atomic E-state index is 11.6. The van der Waals surface area contributed by atoms with Crippen LogP contribution in [0.4, 0.5) is 5.13 Å². The number of rotatable bonds is 4. The molecule has 22 heavy (non-hydrogen) atoms. The molecular formula is C14H17N5OS2. The fraction of sp³-hybridized carbons (Fsp3) is 0.429. The van der Waals surface area contributed by atoms with Crippen molar-refractivity contribution >= 4 is 32.8 Å². The summed E-state index contributed by atoms with van der Waals surface area (Å²) in [6, 6.07) is 1.40. The summed E-state index contributed by atoms with van der Waals surface area (Å²) in [5, 5.41) is 11.4. The Kier molecular flexibility index (Phi) is 3.96. The second-order valence-electron chi connectivity index (χ2n) is 5.96. The summed E-state index contributed by atoms with van der Waals surface area (Å²) in [6.45, 7) is 7.22. The van der Waals surface area contributed by atoms with Crippen LogP contribution in [0.2, 0.25) is 0 Å². The molecule has 0 saturated heterocycles. The Hall–Kier alpha value is -1.80. The molecule has 0 amide bonds. The first kappa shape index (κ1) is 15.1. The fourth-order valence-corrected chi connectivity index (χ4v) is 3.62. The Morgan fingerprint density at radius 1 is 1.36 bits per heavy atom. The molecule has 0 bridgehead atoms. The Labute approximate surface area is 135 Å². The minimum absolute atomic E-state index is 0.0935. The van der Waals surface area contributed by atoms with Gasteiger partial charge in [-0.1, -0.05) is 32.1 Å². The fourth-order valence-electron chi connectivity index (χ4n) is 1.88. The van der Waals surface area contributed by atoms with Gasteiger partial charge in [-0.3, -0.25) is 4.79 Å². The number of thiazole rings is 1. The minimum atomic E-state index is -0.163. The molecule has 0 aliphatic carbocycles. The predicted molar refractivity (Wildman–Crippen MR) is 90.1 cm³/mol. The Morgan fingerprint density at radius 2 is 2.18 bits per heavy atom. The summed E-state index contributed by atoms with van der Waals surface area (Å²) < 4.78 is 1.31. The zero-order chi connectivity index (χ0) is 15.7. The Balaban J connectivity index is 1.64. The molecule has 3 aromatic heterocycles. The molecule has 0 spiro atoms. The van der Waals surface area contributed by atoms with Crippen LogP contribution < -0.4 is 10.9 Å². The molecule has 116 valence electrons. The van der Waals surface area contributed by atoms with E-state index < -0.39 is 0 Å². The van der Waals surface area contributed by atoms with Gasteiger partial charge in [0.05, 0.1) is 10.7 Å². The molecule has 0 aliphatic heterocycles. The lowest BCUT2D eigenvalue weighted by Crippen LogP contribution is -2.13. The average Bonchev–Trinajstić information content (AvgIpc) is 3.05. The lowest BCUT2D eigenvalue weighted by Gasteiger charge is -2.13. The van der Waals surface area contributed by atoms with Gasteiger partial charge >= 0.3 is 0 Å². The Bertz CT molecular complexity index is 843. The highest BCUT2D eigenvalue weighted by atomic mass is 32.1. The molecule has 0 unspecified atom stereocenters. The summed E-state index contributed by atoms with van der Waals surface area (Å²) in [5.41, 5.74) is 1.01. The molecule has 8 heteroatoms. The van der Waals surface area contributed by atoms with Crippen molar-refractivity contribution in [2.45, 2.75) is 32.6 Å². The monoisotopic (exact) mass is 335 g/mol. The molecular weight excluding hydrogens is 318 g/mol. The van der Waals surface area contributed by atoms with E-state index in [0.29, 0.717) is 10.1 Å². The van der Waals surface area contributed by atoms with Gasteiger partial charge in [0.15, 0.2) is 0 Å². The normalized spacial score (nSPS) is 12.0. The van der Waals surface area contributed by atoms with Gasteiger partial charge in [0, 0.05) is 36.0 Å². The zero-order valence-electron chi connectivity index (χ0n) is 12.7. The topological polar surface area (TPSA) is 72.2 Å². The third kappa shape index (κ3) is 3.17. The van der Waals surface area contributed by atoms with Gasteiger partial charge in [-0.15, -0.1) is 16.4 Å². The molecule has 0 saturated carbocycles. The van der Waals surface area contributed by atoms with Crippen molar-refractivity contribution in [3.05, 3.63) is 38.7 Å². The number of anilines is 1. The second kappa shape index (κ2) is 5.77. The molecule has 3 heterocycles. The first-order valence-corrected chi connectivity index (χ1v) is 8.67. The van der Waals surface area contributed by atoms with Crippen molar-refractivity contribution in [1.29, 1.82) is 0 Å². The molecule has 3 aromatic rings. The van der Waals surface area contributed by atoms with Gasteiger partial charge in [-0.25, -0.2) is 9.97 Å². The maximum absolute atomic E-state index is 11.6. The number of nitrogens with zero attached hydrogens (tertiary/aromatic N) is 4. The largest absolute Gasteiger partial charge is 0.360 e. The lowest BCUT2D eigenvalue weighted by molar-refractivity contribution is 0.583. The number of hydrogen-bond donors (Lipinski definition) is 1. The summed E-state index contributed by atoms with van der Waals surface area (Å²) in [5.74, 6) is 0. The van der Waals surface area contributed by atoms with E-state index in [1.165, 1.54) is 28.1 Å². The first-order valence-electron chi connectivity index (χ1n) is 6.97. The summed E-state index contributed by atoms with van der Waals surface area (Å²) in [7, 11) is 0. The molecule has 0 radical (unpaired) electrons. The molecule has 0 atom stereocenters. The number of aromatic nitrogens is 4. The molecule has 0 aromatic carbocycles. The molecule has 1 N–H and O–H groups in total. The first-order chi connectivity index (χ1) is 10.4. The van der Waals surface area contributed by atoms with Crippen LogP contribution in [-0.2, 0) is 11.8 Å². The Morgan fingerprint density at radius 3 is 2.86 bits per heavy atom. The highest BCUT2D eigenvalue weighted by molar-refractivity contribution is 7.20. The maximum Gasteiger partial charge on any atom is 0.275 e. The van der Waals surface area contributed by atoms with Crippen LogP contribution in [0.3, 0.4) is 0 Å². The van der Waals surface area contributed by atoms with Gasteiger partial charge in [0.2, 0.25) is 10.1 Å². The van der Waals surface area contributed by atoms with Crippen molar-refractivity contribution in [2.24, 2.45) is 0 Å². The third-order valence-electron chi connectivity index (χ3n) is 3.02. The zero-order valence-corrected chi connectivity index (χ0v) is 14.3. The number of hydrogen-bond acceptors (Lipinski definition) is 7. The van der Waals surface area contributed by atoms with Crippen LogP contribution in [0, 0.1) is 0 Å². The van der Waals surface area contributed by atoms with Crippen molar-refractivity contribution in [3.8, 4) is 0 Å². The quantitative estimate of drug-likeness (QED) is 0.793. The summed E-state index contributed by atoms with van der Waals surface area (Å²) >= 11 is 3.07. The van der Waals surface area contributed by atoms with E-state index in [0.717, 1.165) is 23.7 Å². The van der Waals surface area contributed by atoms with Gasteiger partial charge in [0.25, 0.3) is 5.56 Å². The SMILES string of the molecule is CC(C)(C)c1nc(CCNc2nn3c(=O)ccnc3s2)cs1. The van der Waals surface area contributed by atoms with E-state index >= 15 is 0 Å². The van der Waals surface area contributed by atoms with Crippen molar-refractivity contribution < 1.29 is 0 Å². The molecule has 3 rings (SSSR count). The highest BCUT2D eigenvalue weighted by Crippen LogP contribution is 2.25. The van der Waals surface area contributed by atoms with Crippen LogP contribution in [0.1, 0.15) is 31.5 Å². The molecule has 0 fully saturated rings. The van der Waals surface area contributed by atoms with Crippen LogP contribution in [-0.4, -0.2) is 26.1 Å². The van der Waals surface area contributed by atoms with Gasteiger partial charge in [-0.05, 0) is 0 Å². The lowest BCUT2D eigenvalue weighted by atomic mass is 9.98. The van der Waals surface area contributed by atoms with Crippen molar-refractivity contribution in [1.82, 2.24) is 19.6 Å². The van der Waals surface area contributed by atoms with Crippen LogP contribution in [0.5, 0.6) is 0 Å². The summed E-state index contributed by atoms with van der Waals surface area (Å²) in [4.78, 5) is 21.0. The van der Waals surface area contributed by atoms with Gasteiger partial charge in [-0.2, -0.15) is 4.52 Å². The van der Waals surface area contributed by atoms with Gasteiger partial charge < -0.3 is 5.32 Å². The number of fused-ring (bicyclic) bond motifs is 1. The van der Waals surface area contributed by atoms with Crippen molar-refractivity contribution in [2.75, 3.05) is 11.9 Å². The van der Waals surface area contributed by atoms with E-state index in [4.69, 9.17) is 0 Å². The second-order valence-corrected chi connectivity index (χ2v) is 7.77. The van der Waals surface area contributed by atoms with Crippen molar-refractivity contribution in [3.63, 3.8) is 0 Å². The molecule has 6 nitrogen and oxygen atoms in total. The smallest absolute Gasteiger partial charge is 0.275 e. The minimum Gasteiger partial charge on any atom is -0.360 e. The molecule has 0 aliphatic rings. The van der Waals surface area contributed by atoms with E-state index in [9.17, 15) is 4.79 Å². The van der Waals surface area contributed by atoms with Crippen LogP contribution in [0.15, 0.2) is 22.4 Å². The van der Waals surface area contributed by atoms with Crippen LogP contribution >= 0.6 is 22.7 Å². The van der Waals surface area contributed by atoms with Crippen LogP contribution in [0.25, 0.3) is 4.96 Å².